The number of likely N-dealkylation sites (N-methyl/N-ethyl adjacent to an activating group) is 1. The molecule has 108 valence electrons. The monoisotopic (exact) mass is 343 g/mol. The van der Waals surface area contributed by atoms with E-state index in [1.165, 1.54) is 5.56 Å². The SMILES string of the molecule is CCNC(Cc1cccc(Br)c1)c1cc2ccccc2o1. The lowest BCUT2D eigenvalue weighted by atomic mass is 10.0. The van der Waals surface area contributed by atoms with Crippen molar-refractivity contribution in [3.63, 3.8) is 0 Å². The Morgan fingerprint density at radius 1 is 1.10 bits per heavy atom. The summed E-state index contributed by atoms with van der Waals surface area (Å²) in [5, 5.41) is 4.68. The molecule has 3 rings (SSSR count). The molecule has 0 radical (unpaired) electrons. The number of fused-ring (bicyclic) bond motifs is 1. The third-order valence-electron chi connectivity index (χ3n) is 3.57. The summed E-state index contributed by atoms with van der Waals surface area (Å²) < 4.78 is 7.12. The number of furan rings is 1. The van der Waals surface area contributed by atoms with Gasteiger partial charge >= 0.3 is 0 Å². The van der Waals surface area contributed by atoms with Crippen LogP contribution < -0.4 is 5.32 Å². The average molecular weight is 344 g/mol. The summed E-state index contributed by atoms with van der Waals surface area (Å²) >= 11 is 3.53. The summed E-state index contributed by atoms with van der Waals surface area (Å²) in [6, 6.07) is 18.9. The number of nitrogens with one attached hydrogen (secondary N) is 1. The lowest BCUT2D eigenvalue weighted by Crippen LogP contribution is -2.22. The van der Waals surface area contributed by atoms with Crippen LogP contribution in [0.15, 0.2) is 63.5 Å². The van der Waals surface area contributed by atoms with Gasteiger partial charge < -0.3 is 9.73 Å². The van der Waals surface area contributed by atoms with Gasteiger partial charge in [0.05, 0.1) is 6.04 Å². The van der Waals surface area contributed by atoms with Crippen LogP contribution in [-0.4, -0.2) is 6.54 Å². The van der Waals surface area contributed by atoms with Gasteiger partial charge in [-0.2, -0.15) is 0 Å². The van der Waals surface area contributed by atoms with Crippen molar-refractivity contribution in [3.05, 3.63) is 70.4 Å². The Hall–Kier alpha value is -1.58. The molecule has 0 aliphatic carbocycles. The Morgan fingerprint density at radius 3 is 2.71 bits per heavy atom. The van der Waals surface area contributed by atoms with Gasteiger partial charge in [0.25, 0.3) is 0 Å². The molecule has 2 nitrogen and oxygen atoms in total. The Kier molecular flexibility index (Phi) is 4.42. The van der Waals surface area contributed by atoms with Gasteiger partial charge in [-0.1, -0.05) is 53.2 Å². The van der Waals surface area contributed by atoms with Crippen LogP contribution in [0.1, 0.15) is 24.3 Å². The second-order valence-electron chi connectivity index (χ2n) is 5.13. The van der Waals surface area contributed by atoms with E-state index >= 15 is 0 Å². The van der Waals surface area contributed by atoms with Crippen LogP contribution in [0, 0.1) is 0 Å². The summed E-state index contributed by atoms with van der Waals surface area (Å²) in [4.78, 5) is 0. The first-order valence-electron chi connectivity index (χ1n) is 7.22. The van der Waals surface area contributed by atoms with E-state index in [4.69, 9.17) is 4.42 Å². The standard InChI is InChI=1S/C18H18BrNO/c1-2-20-16(11-13-6-5-8-15(19)10-13)18-12-14-7-3-4-9-17(14)21-18/h3-10,12,16,20H,2,11H2,1H3. The number of rotatable bonds is 5. The largest absolute Gasteiger partial charge is 0.459 e. The smallest absolute Gasteiger partial charge is 0.134 e. The van der Waals surface area contributed by atoms with Crippen molar-refractivity contribution >= 4 is 26.9 Å². The van der Waals surface area contributed by atoms with Gasteiger partial charge in [-0.15, -0.1) is 0 Å². The minimum Gasteiger partial charge on any atom is -0.459 e. The van der Waals surface area contributed by atoms with Crippen LogP contribution in [0.3, 0.4) is 0 Å². The molecule has 21 heavy (non-hydrogen) atoms. The van der Waals surface area contributed by atoms with Gasteiger partial charge in [0.15, 0.2) is 0 Å². The fraction of sp³-hybridized carbons (Fsp3) is 0.222. The lowest BCUT2D eigenvalue weighted by Gasteiger charge is -2.15. The molecular formula is C18H18BrNO. The Bertz CT molecular complexity index is 702. The van der Waals surface area contributed by atoms with E-state index in [0.29, 0.717) is 0 Å². The van der Waals surface area contributed by atoms with E-state index in [1.54, 1.807) is 0 Å². The molecule has 0 bridgehead atoms. The molecule has 1 atom stereocenters. The first kappa shape index (κ1) is 14.4. The van der Waals surface area contributed by atoms with Gasteiger partial charge in [-0.3, -0.25) is 0 Å². The zero-order valence-electron chi connectivity index (χ0n) is 12.0. The average Bonchev–Trinajstić information content (AvgIpc) is 2.91. The van der Waals surface area contributed by atoms with E-state index in [-0.39, 0.29) is 6.04 Å². The van der Waals surface area contributed by atoms with Crippen molar-refractivity contribution in [2.75, 3.05) is 6.54 Å². The van der Waals surface area contributed by atoms with Crippen LogP contribution >= 0.6 is 15.9 Å². The number of hydrogen-bond donors (Lipinski definition) is 1. The van der Waals surface area contributed by atoms with Gasteiger partial charge in [-0.25, -0.2) is 0 Å². The highest BCUT2D eigenvalue weighted by molar-refractivity contribution is 9.10. The molecule has 0 aliphatic heterocycles. The van der Waals surface area contributed by atoms with E-state index in [0.717, 1.165) is 34.2 Å². The van der Waals surface area contributed by atoms with E-state index < -0.39 is 0 Å². The molecule has 1 unspecified atom stereocenters. The third kappa shape index (κ3) is 3.36. The fourth-order valence-electron chi connectivity index (χ4n) is 2.59. The van der Waals surface area contributed by atoms with Crippen molar-refractivity contribution in [1.82, 2.24) is 5.32 Å². The predicted molar refractivity (Wildman–Crippen MR) is 90.5 cm³/mol. The minimum atomic E-state index is 0.191. The molecular weight excluding hydrogens is 326 g/mol. The molecule has 1 heterocycles. The van der Waals surface area contributed by atoms with Crippen LogP contribution in [0.4, 0.5) is 0 Å². The normalized spacial score (nSPS) is 12.7. The molecule has 0 aliphatic rings. The second-order valence-corrected chi connectivity index (χ2v) is 6.05. The first-order chi connectivity index (χ1) is 10.3. The van der Waals surface area contributed by atoms with Crippen molar-refractivity contribution < 1.29 is 4.42 Å². The Morgan fingerprint density at radius 2 is 1.95 bits per heavy atom. The lowest BCUT2D eigenvalue weighted by molar-refractivity contribution is 0.435. The topological polar surface area (TPSA) is 25.2 Å². The third-order valence-corrected chi connectivity index (χ3v) is 4.06. The number of hydrogen-bond acceptors (Lipinski definition) is 2. The van der Waals surface area contributed by atoms with Gasteiger partial charge in [0.1, 0.15) is 11.3 Å². The molecule has 0 amide bonds. The quantitative estimate of drug-likeness (QED) is 0.698. The second kappa shape index (κ2) is 6.46. The summed E-state index contributed by atoms with van der Waals surface area (Å²) in [6.45, 7) is 3.03. The summed E-state index contributed by atoms with van der Waals surface area (Å²) in [5.74, 6) is 0.998. The van der Waals surface area contributed by atoms with E-state index in [9.17, 15) is 0 Å². The van der Waals surface area contributed by atoms with E-state index in [1.807, 2.05) is 24.3 Å². The highest BCUT2D eigenvalue weighted by Crippen LogP contribution is 2.26. The highest BCUT2D eigenvalue weighted by atomic mass is 79.9. The summed E-state index contributed by atoms with van der Waals surface area (Å²) in [5.41, 5.74) is 2.24. The van der Waals surface area contributed by atoms with Gasteiger partial charge in [-0.05, 0) is 42.8 Å². The Labute approximate surface area is 133 Å². The maximum atomic E-state index is 6.01. The predicted octanol–water partition coefficient (Wildman–Crippen LogP) is 5.09. The van der Waals surface area contributed by atoms with Crippen LogP contribution in [-0.2, 0) is 6.42 Å². The number of benzene rings is 2. The maximum Gasteiger partial charge on any atom is 0.134 e. The molecule has 0 spiro atoms. The summed E-state index contributed by atoms with van der Waals surface area (Å²) in [7, 11) is 0. The van der Waals surface area contributed by atoms with Gasteiger partial charge in [0, 0.05) is 9.86 Å². The first-order valence-corrected chi connectivity index (χ1v) is 8.02. The van der Waals surface area contributed by atoms with Crippen LogP contribution in [0.2, 0.25) is 0 Å². The zero-order valence-corrected chi connectivity index (χ0v) is 13.6. The zero-order chi connectivity index (χ0) is 14.7. The number of para-hydroxylation sites is 1. The van der Waals surface area contributed by atoms with Crippen LogP contribution in [0.25, 0.3) is 11.0 Å². The molecule has 0 fully saturated rings. The maximum absolute atomic E-state index is 6.01. The van der Waals surface area contributed by atoms with Gasteiger partial charge in [0.2, 0.25) is 0 Å². The minimum absolute atomic E-state index is 0.191. The summed E-state index contributed by atoms with van der Waals surface area (Å²) in [6.07, 6.45) is 0.910. The van der Waals surface area contributed by atoms with Crippen LogP contribution in [0.5, 0.6) is 0 Å². The molecule has 1 N–H and O–H groups in total. The van der Waals surface area contributed by atoms with Crippen molar-refractivity contribution in [2.24, 2.45) is 0 Å². The molecule has 0 saturated heterocycles. The highest BCUT2D eigenvalue weighted by Gasteiger charge is 2.16. The number of halogens is 1. The van der Waals surface area contributed by atoms with E-state index in [2.05, 4.69) is 58.5 Å². The molecule has 3 aromatic rings. The van der Waals surface area contributed by atoms with Crippen molar-refractivity contribution in [3.8, 4) is 0 Å². The Balaban J connectivity index is 1.90. The molecule has 3 heteroatoms. The molecule has 1 aromatic heterocycles. The molecule has 0 saturated carbocycles. The van der Waals surface area contributed by atoms with Crippen molar-refractivity contribution in [2.45, 2.75) is 19.4 Å². The van der Waals surface area contributed by atoms with Crippen molar-refractivity contribution in [1.29, 1.82) is 0 Å². The molecule has 2 aromatic carbocycles. The fourth-order valence-corrected chi connectivity index (χ4v) is 3.04.